The number of ketones is 1. The third-order valence-corrected chi connectivity index (χ3v) is 5.30. The number of hydrogen-bond donors (Lipinski definition) is 0. The molecule has 0 N–H and O–H groups in total. The first-order chi connectivity index (χ1) is 13.9. The van der Waals surface area contributed by atoms with Gasteiger partial charge in [-0.2, -0.15) is 0 Å². The number of benzene rings is 3. The van der Waals surface area contributed by atoms with Gasteiger partial charge in [0.1, 0.15) is 5.75 Å². The Morgan fingerprint density at radius 1 is 0.897 bits per heavy atom. The quantitative estimate of drug-likeness (QED) is 0.148. The van der Waals surface area contributed by atoms with E-state index in [-0.39, 0.29) is 11.8 Å². The molecule has 0 aliphatic carbocycles. The minimum absolute atomic E-state index is 0.0868. The van der Waals surface area contributed by atoms with Crippen LogP contribution in [0, 0.1) is 6.92 Å². The van der Waals surface area contributed by atoms with E-state index in [0.29, 0.717) is 21.2 Å². The number of halogens is 1. The van der Waals surface area contributed by atoms with Crippen LogP contribution in [0.4, 0.5) is 0 Å². The van der Waals surface area contributed by atoms with Crippen LogP contribution < -0.4 is 4.74 Å². The molecule has 3 aromatic carbocycles. The van der Waals surface area contributed by atoms with E-state index in [2.05, 4.69) is 0 Å². The van der Waals surface area contributed by atoms with Gasteiger partial charge in [-0.05, 0) is 67.1 Å². The molecule has 0 heterocycles. The number of carbonyl (C=O) groups excluding carboxylic acids is 2. The molecule has 0 fully saturated rings. The highest BCUT2D eigenvalue weighted by Gasteiger charge is 2.14. The molecule has 0 saturated carbocycles. The van der Waals surface area contributed by atoms with E-state index in [1.54, 1.807) is 36.4 Å². The second-order valence-electron chi connectivity index (χ2n) is 6.42. The summed E-state index contributed by atoms with van der Waals surface area (Å²) in [4.78, 5) is 25.8. The molecule has 0 unspecified atom stereocenters. The van der Waals surface area contributed by atoms with Gasteiger partial charge in [-0.3, -0.25) is 9.59 Å². The molecule has 0 aromatic heterocycles. The Labute approximate surface area is 179 Å². The maximum Gasteiger partial charge on any atom is 0.308 e. The lowest BCUT2D eigenvalue weighted by Gasteiger charge is -2.08. The number of thioether (sulfide) groups is 1. The molecule has 0 radical (unpaired) electrons. The van der Waals surface area contributed by atoms with Crippen LogP contribution in [0.5, 0.6) is 5.75 Å². The first-order valence-corrected chi connectivity index (χ1v) is 10.1. The van der Waals surface area contributed by atoms with Crippen molar-refractivity contribution in [2.45, 2.75) is 18.7 Å². The fourth-order valence-electron chi connectivity index (χ4n) is 2.57. The fraction of sp³-hybridized carbons (Fsp3) is 0.0833. The van der Waals surface area contributed by atoms with Gasteiger partial charge in [-0.15, -0.1) is 0 Å². The number of esters is 1. The molecule has 146 valence electrons. The highest BCUT2D eigenvalue weighted by Crippen LogP contribution is 2.32. The number of hydrogen-bond acceptors (Lipinski definition) is 4. The fourth-order valence-corrected chi connectivity index (χ4v) is 3.63. The third-order valence-electron chi connectivity index (χ3n) is 4.02. The summed E-state index contributed by atoms with van der Waals surface area (Å²) in [6, 6.07) is 21.9. The Hall–Kier alpha value is -2.82. The Bertz CT molecular complexity index is 1040. The predicted molar refractivity (Wildman–Crippen MR) is 119 cm³/mol. The summed E-state index contributed by atoms with van der Waals surface area (Å²) in [5.74, 6) is 0.00421. The highest BCUT2D eigenvalue weighted by atomic mass is 35.5. The molecule has 0 aliphatic heterocycles. The lowest BCUT2D eigenvalue weighted by molar-refractivity contribution is -0.131. The van der Waals surface area contributed by atoms with Crippen LogP contribution in [0.3, 0.4) is 0 Å². The molecule has 3 aromatic rings. The number of ether oxygens (including phenoxy) is 1. The lowest BCUT2D eigenvalue weighted by atomic mass is 10.1. The van der Waals surface area contributed by atoms with Crippen molar-refractivity contribution in [3.05, 3.63) is 99.4 Å². The molecular weight excluding hydrogens is 404 g/mol. The van der Waals surface area contributed by atoms with Crippen LogP contribution in [-0.2, 0) is 4.79 Å². The minimum atomic E-state index is -0.373. The van der Waals surface area contributed by atoms with Crippen LogP contribution >= 0.6 is 23.4 Å². The molecule has 3 nitrogen and oxygen atoms in total. The zero-order valence-corrected chi connectivity index (χ0v) is 17.6. The maximum absolute atomic E-state index is 13.1. The van der Waals surface area contributed by atoms with Crippen LogP contribution in [-0.4, -0.2) is 11.8 Å². The van der Waals surface area contributed by atoms with Crippen molar-refractivity contribution in [3.63, 3.8) is 0 Å². The van der Waals surface area contributed by atoms with E-state index in [1.165, 1.54) is 18.7 Å². The Balaban J connectivity index is 1.93. The van der Waals surface area contributed by atoms with E-state index in [4.69, 9.17) is 16.3 Å². The molecule has 0 spiro atoms. The van der Waals surface area contributed by atoms with Crippen molar-refractivity contribution in [3.8, 4) is 5.75 Å². The monoisotopic (exact) mass is 422 g/mol. The number of Topliss-reactive ketones (excluding diaryl/α,β-unsaturated/α-hetero) is 1. The van der Waals surface area contributed by atoms with Crippen molar-refractivity contribution in [2.24, 2.45) is 0 Å². The molecule has 0 atom stereocenters. The van der Waals surface area contributed by atoms with Crippen molar-refractivity contribution in [1.29, 1.82) is 0 Å². The molecule has 5 heteroatoms. The van der Waals surface area contributed by atoms with Crippen molar-refractivity contribution >= 4 is 41.2 Å². The average Bonchev–Trinajstić information content (AvgIpc) is 2.70. The SMILES string of the molecule is CC(=O)Oc1ccc(/C=C(/Sc2ccc(C)cc2)C(=O)c2ccc(Cl)cc2)cc1. The molecular formula is C24H19ClO3S. The van der Waals surface area contributed by atoms with Crippen molar-refractivity contribution < 1.29 is 14.3 Å². The number of aryl methyl sites for hydroxylation is 1. The number of carbonyl (C=O) groups is 2. The van der Waals surface area contributed by atoms with Gasteiger partial charge in [0.2, 0.25) is 0 Å². The zero-order chi connectivity index (χ0) is 20.8. The molecule has 29 heavy (non-hydrogen) atoms. The van der Waals surface area contributed by atoms with Gasteiger partial charge >= 0.3 is 5.97 Å². The summed E-state index contributed by atoms with van der Waals surface area (Å²) in [7, 11) is 0. The van der Waals surface area contributed by atoms with Gasteiger partial charge in [0.15, 0.2) is 5.78 Å². The zero-order valence-electron chi connectivity index (χ0n) is 16.0. The second-order valence-corrected chi connectivity index (χ2v) is 7.97. The van der Waals surface area contributed by atoms with Gasteiger partial charge < -0.3 is 4.74 Å². The molecule has 3 rings (SSSR count). The van der Waals surface area contributed by atoms with Crippen molar-refractivity contribution in [1.82, 2.24) is 0 Å². The largest absolute Gasteiger partial charge is 0.427 e. The highest BCUT2D eigenvalue weighted by molar-refractivity contribution is 8.04. The Morgan fingerprint density at radius 3 is 2.10 bits per heavy atom. The standard InChI is InChI=1S/C24H19ClO3S/c1-16-3-13-22(14-4-16)29-23(24(27)19-7-9-20(25)10-8-19)15-18-5-11-21(12-6-18)28-17(2)26/h3-15H,1-2H3/b23-15+. The van der Waals surface area contributed by atoms with E-state index < -0.39 is 0 Å². The predicted octanol–water partition coefficient (Wildman–Crippen LogP) is 6.59. The average molecular weight is 423 g/mol. The van der Waals surface area contributed by atoms with Gasteiger partial charge in [0, 0.05) is 22.4 Å². The molecule has 0 aliphatic rings. The summed E-state index contributed by atoms with van der Waals surface area (Å²) in [5.41, 5.74) is 2.56. The summed E-state index contributed by atoms with van der Waals surface area (Å²) >= 11 is 7.36. The second kappa shape index (κ2) is 9.59. The third kappa shape index (κ3) is 6.08. The summed E-state index contributed by atoms with van der Waals surface area (Å²) in [6.45, 7) is 3.38. The topological polar surface area (TPSA) is 43.4 Å². The van der Waals surface area contributed by atoms with Gasteiger partial charge in [-0.1, -0.05) is 53.2 Å². The summed E-state index contributed by atoms with van der Waals surface area (Å²) in [6.07, 6.45) is 1.83. The Kier molecular flexibility index (Phi) is 6.91. The lowest BCUT2D eigenvalue weighted by Crippen LogP contribution is -2.02. The van der Waals surface area contributed by atoms with E-state index >= 15 is 0 Å². The van der Waals surface area contributed by atoms with Crippen LogP contribution in [0.1, 0.15) is 28.4 Å². The van der Waals surface area contributed by atoms with Crippen LogP contribution in [0.2, 0.25) is 5.02 Å². The van der Waals surface area contributed by atoms with E-state index in [1.807, 2.05) is 49.4 Å². The normalized spacial score (nSPS) is 11.2. The van der Waals surface area contributed by atoms with Crippen LogP contribution in [0.15, 0.2) is 82.6 Å². The molecule has 0 bridgehead atoms. The smallest absolute Gasteiger partial charge is 0.308 e. The Morgan fingerprint density at radius 2 is 1.52 bits per heavy atom. The number of rotatable bonds is 6. The minimum Gasteiger partial charge on any atom is -0.427 e. The maximum atomic E-state index is 13.1. The van der Waals surface area contributed by atoms with Gasteiger partial charge in [-0.25, -0.2) is 0 Å². The number of allylic oxidation sites excluding steroid dienone is 1. The van der Waals surface area contributed by atoms with Crippen LogP contribution in [0.25, 0.3) is 6.08 Å². The van der Waals surface area contributed by atoms with Crippen molar-refractivity contribution in [2.75, 3.05) is 0 Å². The van der Waals surface area contributed by atoms with Gasteiger partial charge in [0.25, 0.3) is 0 Å². The first kappa shape index (κ1) is 20.9. The molecule has 0 saturated heterocycles. The van der Waals surface area contributed by atoms with E-state index in [0.717, 1.165) is 16.0 Å². The first-order valence-electron chi connectivity index (χ1n) is 8.96. The van der Waals surface area contributed by atoms with Gasteiger partial charge in [0.05, 0.1) is 4.91 Å². The summed E-state index contributed by atoms with van der Waals surface area (Å²) in [5, 5.41) is 0.583. The molecule has 0 amide bonds. The summed E-state index contributed by atoms with van der Waals surface area (Å²) < 4.78 is 5.06. The van der Waals surface area contributed by atoms with E-state index in [9.17, 15) is 9.59 Å².